The minimum Gasteiger partial charge on any atom is -0.497 e. The fourth-order valence-electron chi connectivity index (χ4n) is 4.80. The molecule has 37 heavy (non-hydrogen) atoms. The lowest BCUT2D eigenvalue weighted by Gasteiger charge is -2.42. The molecule has 0 unspecified atom stereocenters. The summed E-state index contributed by atoms with van der Waals surface area (Å²) < 4.78 is 18.9. The molecule has 2 amide bonds. The van der Waals surface area contributed by atoms with E-state index < -0.39 is 12.0 Å². The van der Waals surface area contributed by atoms with Crippen molar-refractivity contribution >= 4 is 29.1 Å². The van der Waals surface area contributed by atoms with Gasteiger partial charge in [-0.25, -0.2) is 4.39 Å². The van der Waals surface area contributed by atoms with Crippen molar-refractivity contribution in [1.82, 2.24) is 4.90 Å². The topological polar surface area (TPSA) is 58.6 Å². The summed E-state index contributed by atoms with van der Waals surface area (Å²) in [6, 6.07) is 26.8. The number of benzene rings is 4. The summed E-state index contributed by atoms with van der Waals surface area (Å²) in [4.78, 5) is 29.5. The number of amides is 2. The van der Waals surface area contributed by atoms with Crippen LogP contribution in [0.25, 0.3) is 0 Å². The Kier molecular flexibility index (Phi) is 6.93. The van der Waals surface area contributed by atoms with E-state index in [9.17, 15) is 14.0 Å². The number of methoxy groups -OCH3 is 1. The smallest absolute Gasteiger partial charge is 0.255 e. The van der Waals surface area contributed by atoms with Crippen LogP contribution in [0.15, 0.2) is 97.1 Å². The van der Waals surface area contributed by atoms with Gasteiger partial charge in [0.2, 0.25) is 5.91 Å². The molecule has 0 bridgehead atoms. The predicted molar refractivity (Wildman–Crippen MR) is 141 cm³/mol. The first-order valence-electron chi connectivity index (χ1n) is 11.8. The molecule has 1 aliphatic heterocycles. The zero-order valence-electron chi connectivity index (χ0n) is 20.0. The third-order valence-corrected chi connectivity index (χ3v) is 6.77. The monoisotopic (exact) mass is 514 g/mol. The van der Waals surface area contributed by atoms with Crippen molar-refractivity contribution < 1.29 is 18.7 Å². The second-order valence-electron chi connectivity index (χ2n) is 8.84. The molecule has 0 saturated heterocycles. The van der Waals surface area contributed by atoms with Crippen LogP contribution in [0.2, 0.25) is 5.02 Å². The molecule has 0 spiro atoms. The summed E-state index contributed by atoms with van der Waals surface area (Å²) in [5.41, 5.74) is 3.19. The molecule has 186 valence electrons. The molecule has 0 saturated carbocycles. The second kappa shape index (κ2) is 10.4. The zero-order valence-corrected chi connectivity index (χ0v) is 20.8. The van der Waals surface area contributed by atoms with Crippen LogP contribution >= 0.6 is 11.6 Å². The van der Waals surface area contributed by atoms with Crippen LogP contribution in [0.5, 0.6) is 5.75 Å². The molecule has 0 aromatic heterocycles. The third kappa shape index (κ3) is 5.06. The van der Waals surface area contributed by atoms with Gasteiger partial charge in [0, 0.05) is 22.8 Å². The van der Waals surface area contributed by atoms with Crippen molar-refractivity contribution in [1.29, 1.82) is 0 Å². The molecule has 1 aliphatic rings. The van der Waals surface area contributed by atoms with E-state index in [0.29, 0.717) is 27.6 Å². The summed E-state index contributed by atoms with van der Waals surface area (Å²) in [6.07, 6.45) is 0. The largest absolute Gasteiger partial charge is 0.497 e. The number of nitrogens with zero attached hydrogens (tertiary/aromatic N) is 1. The summed E-state index contributed by atoms with van der Waals surface area (Å²) in [6.45, 7) is 0.199. The Morgan fingerprint density at radius 1 is 0.973 bits per heavy atom. The molecule has 0 fully saturated rings. The number of hydrogen-bond donors (Lipinski definition) is 1. The molecule has 5 nitrogen and oxygen atoms in total. The fourth-order valence-corrected chi connectivity index (χ4v) is 4.99. The minimum absolute atomic E-state index is 0.199. The average molecular weight is 515 g/mol. The Bertz CT molecular complexity index is 1440. The first-order valence-corrected chi connectivity index (χ1v) is 12.2. The van der Waals surface area contributed by atoms with Crippen molar-refractivity contribution in [3.8, 4) is 5.75 Å². The number of carbonyl (C=O) groups excluding carboxylic acids is 2. The number of anilines is 1. The first-order chi connectivity index (χ1) is 17.9. The highest BCUT2D eigenvalue weighted by Gasteiger charge is 2.44. The van der Waals surface area contributed by atoms with Gasteiger partial charge in [-0.15, -0.1) is 0 Å². The molecule has 7 heteroatoms. The van der Waals surface area contributed by atoms with Gasteiger partial charge >= 0.3 is 0 Å². The van der Waals surface area contributed by atoms with Gasteiger partial charge in [0.1, 0.15) is 11.6 Å². The van der Waals surface area contributed by atoms with E-state index >= 15 is 0 Å². The van der Waals surface area contributed by atoms with Gasteiger partial charge in [-0.1, -0.05) is 60.1 Å². The maximum Gasteiger partial charge on any atom is 0.255 e. The highest BCUT2D eigenvalue weighted by atomic mass is 35.5. The van der Waals surface area contributed by atoms with Gasteiger partial charge in [-0.05, 0) is 65.2 Å². The summed E-state index contributed by atoms with van der Waals surface area (Å²) in [5, 5.41) is 3.49. The predicted octanol–water partition coefficient (Wildman–Crippen LogP) is 6.61. The molecule has 0 radical (unpaired) electrons. The molecule has 5 rings (SSSR count). The van der Waals surface area contributed by atoms with Gasteiger partial charge in [0.25, 0.3) is 5.91 Å². The van der Waals surface area contributed by atoms with Crippen LogP contribution in [0.3, 0.4) is 0 Å². The van der Waals surface area contributed by atoms with Gasteiger partial charge in [-0.2, -0.15) is 0 Å². The van der Waals surface area contributed by atoms with E-state index in [1.165, 1.54) is 12.1 Å². The van der Waals surface area contributed by atoms with E-state index in [1.54, 1.807) is 60.5 Å². The van der Waals surface area contributed by atoms with Crippen molar-refractivity contribution in [2.75, 3.05) is 12.4 Å². The Morgan fingerprint density at radius 3 is 2.41 bits per heavy atom. The van der Waals surface area contributed by atoms with Crippen LogP contribution in [-0.4, -0.2) is 23.8 Å². The highest BCUT2D eigenvalue weighted by molar-refractivity contribution is 6.30. The summed E-state index contributed by atoms with van der Waals surface area (Å²) in [7, 11) is 1.58. The number of hydrogen-bond acceptors (Lipinski definition) is 3. The Hall–Kier alpha value is -4.16. The lowest BCUT2D eigenvalue weighted by atomic mass is 9.79. The van der Waals surface area contributed by atoms with Crippen LogP contribution in [0, 0.1) is 5.82 Å². The number of halogens is 2. The van der Waals surface area contributed by atoms with Gasteiger partial charge in [0.15, 0.2) is 0 Å². The normalized spacial score (nSPS) is 16.7. The van der Waals surface area contributed by atoms with E-state index in [2.05, 4.69) is 5.32 Å². The molecule has 1 heterocycles. The molecule has 4 aromatic rings. The number of fused-ring (bicyclic) bond motifs is 1. The van der Waals surface area contributed by atoms with E-state index in [1.807, 2.05) is 36.4 Å². The number of carbonyl (C=O) groups is 2. The molecule has 1 N–H and O–H groups in total. The van der Waals surface area contributed by atoms with Crippen LogP contribution in [0.1, 0.15) is 39.0 Å². The molecule has 4 aromatic carbocycles. The molecular formula is C30H24ClFN2O3. The van der Waals surface area contributed by atoms with Gasteiger partial charge in [-0.3, -0.25) is 9.59 Å². The lowest BCUT2D eigenvalue weighted by molar-refractivity contribution is -0.119. The summed E-state index contributed by atoms with van der Waals surface area (Å²) in [5.74, 6) is -0.887. The maximum absolute atomic E-state index is 13.9. The van der Waals surface area contributed by atoms with Crippen molar-refractivity contribution in [2.24, 2.45) is 0 Å². The Balaban J connectivity index is 1.63. The van der Waals surface area contributed by atoms with E-state index in [0.717, 1.165) is 11.1 Å². The number of rotatable bonds is 6. The SMILES string of the molecule is COc1ccc([C@H]2[C@H](C(=O)Nc3cccc(Cl)c3)c3ccccc3C(=O)N2Cc2ccc(F)cc2)cc1. The van der Waals surface area contributed by atoms with Crippen molar-refractivity contribution in [2.45, 2.75) is 18.5 Å². The number of nitrogens with one attached hydrogen (secondary N) is 1. The molecular weight excluding hydrogens is 491 g/mol. The second-order valence-corrected chi connectivity index (χ2v) is 9.28. The van der Waals surface area contributed by atoms with E-state index in [4.69, 9.17) is 16.3 Å². The standard InChI is InChI=1S/C30H24ClFN2O3/c1-37-24-15-11-20(12-16-24)28-27(29(35)33-23-6-4-5-21(31)17-23)25-7-2-3-8-26(25)30(36)34(28)18-19-9-13-22(32)14-10-19/h2-17,27-28H,18H2,1H3,(H,33,35)/t27-,28+/m1/s1. The maximum atomic E-state index is 13.9. The zero-order chi connectivity index (χ0) is 25.9. The van der Waals surface area contributed by atoms with Crippen molar-refractivity contribution in [3.63, 3.8) is 0 Å². The van der Waals surface area contributed by atoms with Gasteiger partial charge in [0.05, 0.1) is 19.1 Å². The third-order valence-electron chi connectivity index (χ3n) is 6.54. The fraction of sp³-hybridized carbons (Fsp3) is 0.133. The lowest BCUT2D eigenvalue weighted by Crippen LogP contribution is -2.45. The van der Waals surface area contributed by atoms with Crippen LogP contribution in [-0.2, 0) is 11.3 Å². The summed E-state index contributed by atoms with van der Waals surface area (Å²) >= 11 is 6.15. The molecule has 2 atom stereocenters. The minimum atomic E-state index is -0.721. The average Bonchev–Trinajstić information content (AvgIpc) is 2.91. The van der Waals surface area contributed by atoms with Gasteiger partial charge < -0.3 is 15.0 Å². The first kappa shape index (κ1) is 24.5. The highest BCUT2D eigenvalue weighted by Crippen LogP contribution is 2.44. The Morgan fingerprint density at radius 2 is 1.70 bits per heavy atom. The van der Waals surface area contributed by atoms with Crippen LogP contribution < -0.4 is 10.1 Å². The van der Waals surface area contributed by atoms with E-state index in [-0.39, 0.29) is 24.2 Å². The quantitative estimate of drug-likeness (QED) is 0.315. The Labute approximate surface area is 219 Å². The van der Waals surface area contributed by atoms with Crippen molar-refractivity contribution in [3.05, 3.63) is 130 Å². The molecule has 0 aliphatic carbocycles. The van der Waals surface area contributed by atoms with Crippen LogP contribution in [0.4, 0.5) is 10.1 Å². The number of ether oxygens (including phenoxy) is 1.